The molecule has 0 spiro atoms. The highest BCUT2D eigenvalue weighted by atomic mass is 16.6. The molecule has 1 saturated heterocycles. The van der Waals surface area contributed by atoms with Gasteiger partial charge in [0.1, 0.15) is 0 Å². The van der Waals surface area contributed by atoms with Gasteiger partial charge in [-0.15, -0.1) is 0 Å². The Morgan fingerprint density at radius 3 is 3.00 bits per heavy atom. The topological polar surface area (TPSA) is 49.7 Å². The number of hydrogen-bond acceptors (Lipinski definition) is 3. The molecule has 3 nitrogen and oxygen atoms in total. The lowest BCUT2D eigenvalue weighted by atomic mass is 9.89. The molecule has 1 aliphatic carbocycles. The minimum atomic E-state index is -1.02. The van der Waals surface area contributed by atoms with Crippen molar-refractivity contribution >= 4 is 0 Å². The van der Waals surface area contributed by atoms with Gasteiger partial charge in [0.2, 0.25) is 0 Å². The predicted octanol–water partition coefficient (Wildman–Crippen LogP) is 0.645. The van der Waals surface area contributed by atoms with Crippen LogP contribution in [0.4, 0.5) is 0 Å². The SMILES string of the molecule is CC1C[C@H](O)C2CCC[C@@]2(O)O1. The van der Waals surface area contributed by atoms with Crippen molar-refractivity contribution in [3.8, 4) is 0 Å². The minimum Gasteiger partial charge on any atom is -0.393 e. The zero-order valence-corrected chi connectivity index (χ0v) is 7.36. The van der Waals surface area contributed by atoms with E-state index in [1.165, 1.54) is 0 Å². The van der Waals surface area contributed by atoms with E-state index in [9.17, 15) is 10.2 Å². The monoisotopic (exact) mass is 172 g/mol. The van der Waals surface area contributed by atoms with Gasteiger partial charge in [-0.2, -0.15) is 0 Å². The van der Waals surface area contributed by atoms with E-state index in [1.54, 1.807) is 0 Å². The highest BCUT2D eigenvalue weighted by Gasteiger charge is 2.50. The quantitative estimate of drug-likeness (QED) is 0.564. The van der Waals surface area contributed by atoms with Crippen molar-refractivity contribution in [2.45, 2.75) is 50.6 Å². The Morgan fingerprint density at radius 1 is 1.50 bits per heavy atom. The van der Waals surface area contributed by atoms with E-state index in [-0.39, 0.29) is 18.1 Å². The molecule has 2 unspecified atom stereocenters. The van der Waals surface area contributed by atoms with E-state index < -0.39 is 5.79 Å². The van der Waals surface area contributed by atoms with Gasteiger partial charge in [0.25, 0.3) is 0 Å². The fourth-order valence-corrected chi connectivity index (χ4v) is 2.53. The maximum absolute atomic E-state index is 9.97. The van der Waals surface area contributed by atoms with E-state index in [4.69, 9.17) is 4.74 Å². The molecule has 2 fully saturated rings. The van der Waals surface area contributed by atoms with Crippen molar-refractivity contribution in [3.05, 3.63) is 0 Å². The van der Waals surface area contributed by atoms with Gasteiger partial charge in [-0.3, -0.25) is 0 Å². The second kappa shape index (κ2) is 2.69. The molecular weight excluding hydrogens is 156 g/mol. The molecule has 2 N–H and O–H groups in total. The largest absolute Gasteiger partial charge is 0.393 e. The van der Waals surface area contributed by atoms with Crippen LogP contribution in [0, 0.1) is 5.92 Å². The van der Waals surface area contributed by atoms with Crippen molar-refractivity contribution in [1.82, 2.24) is 0 Å². The molecule has 0 bridgehead atoms. The molecule has 2 aliphatic rings. The number of hydrogen-bond donors (Lipinski definition) is 2. The van der Waals surface area contributed by atoms with Crippen molar-refractivity contribution in [1.29, 1.82) is 0 Å². The van der Waals surface area contributed by atoms with Gasteiger partial charge >= 0.3 is 0 Å². The lowest BCUT2D eigenvalue weighted by Crippen LogP contribution is -2.50. The molecule has 3 heteroatoms. The van der Waals surface area contributed by atoms with E-state index in [1.807, 2.05) is 6.92 Å². The third-order valence-corrected chi connectivity index (χ3v) is 3.07. The molecular formula is C9H16O3. The first-order valence-electron chi connectivity index (χ1n) is 4.70. The first-order chi connectivity index (χ1) is 5.62. The Labute approximate surface area is 72.3 Å². The first-order valence-corrected chi connectivity index (χ1v) is 4.70. The summed E-state index contributed by atoms with van der Waals surface area (Å²) in [6.07, 6.45) is 2.81. The zero-order chi connectivity index (χ0) is 8.77. The van der Waals surface area contributed by atoms with Crippen molar-refractivity contribution in [2.75, 3.05) is 0 Å². The summed E-state index contributed by atoms with van der Waals surface area (Å²) in [6.45, 7) is 1.90. The summed E-state index contributed by atoms with van der Waals surface area (Å²) < 4.78 is 5.46. The van der Waals surface area contributed by atoms with Gasteiger partial charge in [-0.05, 0) is 26.2 Å². The highest BCUT2D eigenvalue weighted by Crippen LogP contribution is 2.44. The van der Waals surface area contributed by atoms with Crippen molar-refractivity contribution in [2.24, 2.45) is 5.92 Å². The van der Waals surface area contributed by atoms with Gasteiger partial charge in [0.15, 0.2) is 5.79 Å². The average molecular weight is 172 g/mol. The molecule has 0 aromatic carbocycles. The summed E-state index contributed by atoms with van der Waals surface area (Å²) in [5.74, 6) is -1.06. The maximum Gasteiger partial charge on any atom is 0.171 e. The second-order valence-electron chi connectivity index (χ2n) is 4.08. The molecule has 1 saturated carbocycles. The number of rotatable bonds is 0. The number of aliphatic hydroxyl groups excluding tert-OH is 1. The molecule has 0 amide bonds. The van der Waals surface area contributed by atoms with Gasteiger partial charge in [-0.1, -0.05) is 0 Å². The van der Waals surface area contributed by atoms with Crippen LogP contribution in [0.3, 0.4) is 0 Å². The van der Waals surface area contributed by atoms with Crippen LogP contribution in [0.2, 0.25) is 0 Å². The number of ether oxygens (including phenoxy) is 1. The molecule has 4 atom stereocenters. The maximum atomic E-state index is 9.97. The van der Waals surface area contributed by atoms with Crippen LogP contribution in [0.15, 0.2) is 0 Å². The Balaban J connectivity index is 2.17. The van der Waals surface area contributed by atoms with Crippen LogP contribution < -0.4 is 0 Å². The molecule has 0 aromatic heterocycles. The number of fused-ring (bicyclic) bond motifs is 1. The molecule has 1 heterocycles. The van der Waals surface area contributed by atoms with Crippen LogP contribution in [0.5, 0.6) is 0 Å². The molecule has 70 valence electrons. The van der Waals surface area contributed by atoms with Crippen LogP contribution in [0.25, 0.3) is 0 Å². The summed E-state index contributed by atoms with van der Waals surface area (Å²) in [5.41, 5.74) is 0. The molecule has 0 aromatic rings. The third kappa shape index (κ3) is 1.16. The van der Waals surface area contributed by atoms with Gasteiger partial charge in [0, 0.05) is 12.3 Å². The summed E-state index contributed by atoms with van der Waals surface area (Å²) in [5, 5.41) is 19.6. The van der Waals surface area contributed by atoms with Crippen molar-refractivity contribution < 1.29 is 14.9 Å². The van der Waals surface area contributed by atoms with E-state index in [2.05, 4.69) is 0 Å². The van der Waals surface area contributed by atoms with E-state index >= 15 is 0 Å². The van der Waals surface area contributed by atoms with Crippen LogP contribution in [-0.4, -0.2) is 28.2 Å². The summed E-state index contributed by atoms with van der Waals surface area (Å²) in [7, 11) is 0. The van der Waals surface area contributed by atoms with Crippen molar-refractivity contribution in [3.63, 3.8) is 0 Å². The summed E-state index contributed by atoms with van der Waals surface area (Å²) >= 11 is 0. The molecule has 1 aliphatic heterocycles. The molecule has 2 rings (SSSR count). The van der Waals surface area contributed by atoms with Gasteiger partial charge in [0.05, 0.1) is 12.2 Å². The molecule has 0 radical (unpaired) electrons. The fourth-order valence-electron chi connectivity index (χ4n) is 2.53. The van der Waals surface area contributed by atoms with Gasteiger partial charge < -0.3 is 14.9 Å². The first kappa shape index (κ1) is 8.48. The third-order valence-electron chi connectivity index (χ3n) is 3.07. The second-order valence-corrected chi connectivity index (χ2v) is 4.08. The summed E-state index contributed by atoms with van der Waals surface area (Å²) in [6, 6.07) is 0. The Bertz CT molecular complexity index is 183. The molecule has 12 heavy (non-hydrogen) atoms. The van der Waals surface area contributed by atoms with Crippen LogP contribution in [0.1, 0.15) is 32.6 Å². The standard InChI is InChI=1S/C9H16O3/c1-6-5-8(10)7-3-2-4-9(7,11)12-6/h6-8,10-11H,2-5H2,1H3/t6?,7?,8-,9+/m0/s1. The average Bonchev–Trinajstić information content (AvgIpc) is 2.29. The zero-order valence-electron chi connectivity index (χ0n) is 7.36. The van der Waals surface area contributed by atoms with E-state index in [0.717, 1.165) is 12.8 Å². The smallest absolute Gasteiger partial charge is 0.171 e. The Morgan fingerprint density at radius 2 is 2.25 bits per heavy atom. The predicted molar refractivity (Wildman–Crippen MR) is 43.5 cm³/mol. The fraction of sp³-hybridized carbons (Fsp3) is 1.00. The van der Waals surface area contributed by atoms with Gasteiger partial charge in [-0.25, -0.2) is 0 Å². The minimum absolute atomic E-state index is 0.0145. The van der Waals surface area contributed by atoms with Crippen LogP contribution in [-0.2, 0) is 4.74 Å². The number of aliphatic hydroxyl groups is 2. The Kier molecular flexibility index (Phi) is 1.90. The van der Waals surface area contributed by atoms with E-state index in [0.29, 0.717) is 12.8 Å². The normalized spacial score (nSPS) is 53.8. The summed E-state index contributed by atoms with van der Waals surface area (Å²) in [4.78, 5) is 0. The lowest BCUT2D eigenvalue weighted by Gasteiger charge is -2.41. The van der Waals surface area contributed by atoms with Crippen LogP contribution >= 0.6 is 0 Å². The Hall–Kier alpha value is -0.120. The lowest BCUT2D eigenvalue weighted by molar-refractivity contribution is -0.289. The highest BCUT2D eigenvalue weighted by molar-refractivity contribution is 4.93.